The van der Waals surface area contributed by atoms with Gasteiger partial charge in [-0.15, -0.1) is 0 Å². The second-order valence-corrected chi connectivity index (χ2v) is 4.13. The van der Waals surface area contributed by atoms with Crippen molar-refractivity contribution in [1.82, 2.24) is 0 Å². The highest BCUT2D eigenvalue weighted by Crippen LogP contribution is 2.33. The molecular formula is C13H21NO4. The lowest BCUT2D eigenvalue weighted by Crippen LogP contribution is -2.41. The quantitative estimate of drug-likeness (QED) is 0.651. The summed E-state index contributed by atoms with van der Waals surface area (Å²) in [6, 6.07) is 1.91. The van der Waals surface area contributed by atoms with Crippen molar-refractivity contribution < 1.29 is 19.1 Å². The molecule has 0 aromatic carbocycles. The molecule has 0 aliphatic rings. The van der Waals surface area contributed by atoms with E-state index in [1.54, 1.807) is 13.8 Å². The van der Waals surface area contributed by atoms with E-state index in [2.05, 4.69) is 0 Å². The molecule has 0 saturated heterocycles. The number of nitriles is 1. The highest BCUT2D eigenvalue weighted by Gasteiger charge is 2.47. The van der Waals surface area contributed by atoms with Crippen molar-refractivity contribution in [2.75, 3.05) is 13.2 Å². The smallest absolute Gasteiger partial charge is 0.327 e. The van der Waals surface area contributed by atoms with Crippen molar-refractivity contribution in [2.24, 2.45) is 11.3 Å². The van der Waals surface area contributed by atoms with E-state index in [1.165, 1.54) is 6.92 Å². The Hall–Kier alpha value is -1.57. The van der Waals surface area contributed by atoms with Crippen LogP contribution in [0.3, 0.4) is 0 Å². The van der Waals surface area contributed by atoms with Gasteiger partial charge in [-0.2, -0.15) is 5.26 Å². The van der Waals surface area contributed by atoms with Crippen molar-refractivity contribution in [1.29, 1.82) is 5.26 Å². The molecule has 0 bridgehead atoms. The summed E-state index contributed by atoms with van der Waals surface area (Å²) in [5.41, 5.74) is -1.49. The molecule has 0 aromatic rings. The molecule has 0 spiro atoms. The summed E-state index contributed by atoms with van der Waals surface area (Å²) in [5, 5.41) is 9.24. The number of nitrogens with zero attached hydrogens (tertiary/aromatic N) is 1. The van der Waals surface area contributed by atoms with E-state index in [-0.39, 0.29) is 13.2 Å². The average Bonchev–Trinajstić information content (AvgIpc) is 2.35. The first kappa shape index (κ1) is 16.4. The molecule has 0 N–H and O–H groups in total. The van der Waals surface area contributed by atoms with Crippen LogP contribution in [-0.4, -0.2) is 25.2 Å². The molecule has 102 valence electrons. The van der Waals surface area contributed by atoms with Crippen LogP contribution in [0.5, 0.6) is 0 Å². The number of hydrogen-bond acceptors (Lipinski definition) is 5. The van der Waals surface area contributed by atoms with Crippen LogP contribution >= 0.6 is 0 Å². The van der Waals surface area contributed by atoms with Crippen LogP contribution in [-0.2, 0) is 19.1 Å². The van der Waals surface area contributed by atoms with Gasteiger partial charge < -0.3 is 9.47 Å². The van der Waals surface area contributed by atoms with Crippen molar-refractivity contribution in [2.45, 2.75) is 40.5 Å². The second kappa shape index (κ2) is 7.70. The van der Waals surface area contributed by atoms with Gasteiger partial charge in [0.05, 0.1) is 25.2 Å². The summed E-state index contributed by atoms with van der Waals surface area (Å²) in [6.45, 7) is 7.07. The van der Waals surface area contributed by atoms with Gasteiger partial charge >= 0.3 is 11.9 Å². The lowest BCUT2D eigenvalue weighted by atomic mass is 9.76. The SMILES string of the molecule is CCCC(C(=O)OCC)C(C)(C#N)C(=O)OCC. The third-order valence-corrected chi connectivity index (χ3v) is 2.78. The number of hydrogen-bond donors (Lipinski definition) is 0. The Kier molecular flexibility index (Phi) is 7.03. The van der Waals surface area contributed by atoms with Gasteiger partial charge in [0.25, 0.3) is 0 Å². The van der Waals surface area contributed by atoms with Crippen LogP contribution in [0.2, 0.25) is 0 Å². The van der Waals surface area contributed by atoms with Crippen LogP contribution in [0.15, 0.2) is 0 Å². The molecule has 0 amide bonds. The summed E-state index contributed by atoms with van der Waals surface area (Å²) in [4.78, 5) is 23.7. The molecule has 2 unspecified atom stereocenters. The Morgan fingerprint density at radius 2 is 1.78 bits per heavy atom. The van der Waals surface area contributed by atoms with Gasteiger partial charge in [-0.1, -0.05) is 13.3 Å². The Labute approximate surface area is 108 Å². The number of esters is 2. The summed E-state index contributed by atoms with van der Waals surface area (Å²) in [7, 11) is 0. The van der Waals surface area contributed by atoms with Crippen LogP contribution in [0.4, 0.5) is 0 Å². The zero-order valence-corrected chi connectivity index (χ0v) is 11.5. The zero-order chi connectivity index (χ0) is 14.2. The molecule has 5 heteroatoms. The van der Waals surface area contributed by atoms with Gasteiger partial charge in [-0.3, -0.25) is 9.59 Å². The number of ether oxygens (including phenoxy) is 2. The van der Waals surface area contributed by atoms with Crippen LogP contribution in [0, 0.1) is 22.7 Å². The Morgan fingerprint density at radius 1 is 1.22 bits per heavy atom. The van der Waals surface area contributed by atoms with Crippen molar-refractivity contribution >= 4 is 11.9 Å². The van der Waals surface area contributed by atoms with Crippen LogP contribution in [0.25, 0.3) is 0 Å². The first-order valence-corrected chi connectivity index (χ1v) is 6.22. The molecule has 2 atom stereocenters. The monoisotopic (exact) mass is 255 g/mol. The first-order chi connectivity index (χ1) is 8.47. The third kappa shape index (κ3) is 3.73. The van der Waals surface area contributed by atoms with Gasteiger partial charge in [0.15, 0.2) is 5.41 Å². The van der Waals surface area contributed by atoms with E-state index in [4.69, 9.17) is 9.47 Å². The molecule has 0 radical (unpaired) electrons. The third-order valence-electron chi connectivity index (χ3n) is 2.78. The minimum absolute atomic E-state index is 0.178. The van der Waals surface area contributed by atoms with Gasteiger partial charge in [-0.25, -0.2) is 0 Å². The maximum Gasteiger partial charge on any atom is 0.327 e. The standard InChI is InChI=1S/C13H21NO4/c1-5-8-10(11(15)17-6-2)13(4,9-14)12(16)18-7-3/h10H,5-8H2,1-4H3. The molecule has 0 rings (SSSR count). The van der Waals surface area contributed by atoms with E-state index < -0.39 is 23.3 Å². The highest BCUT2D eigenvalue weighted by molar-refractivity contribution is 5.87. The predicted molar refractivity (Wildman–Crippen MR) is 65.4 cm³/mol. The second-order valence-electron chi connectivity index (χ2n) is 4.13. The Bertz CT molecular complexity index is 334. The molecule has 0 fully saturated rings. The van der Waals surface area contributed by atoms with Crippen LogP contribution in [0.1, 0.15) is 40.5 Å². The lowest BCUT2D eigenvalue weighted by Gasteiger charge is -2.27. The molecule has 18 heavy (non-hydrogen) atoms. The Balaban J connectivity index is 5.20. The molecule has 0 saturated carbocycles. The zero-order valence-electron chi connectivity index (χ0n) is 11.5. The molecule has 0 aromatic heterocycles. The maximum absolute atomic E-state index is 11.9. The topological polar surface area (TPSA) is 76.4 Å². The fourth-order valence-electron chi connectivity index (χ4n) is 1.72. The molecule has 5 nitrogen and oxygen atoms in total. The lowest BCUT2D eigenvalue weighted by molar-refractivity contribution is -0.164. The summed E-state index contributed by atoms with van der Waals surface area (Å²) < 4.78 is 9.82. The normalized spacial score (nSPS) is 15.1. The van der Waals surface area contributed by atoms with Gasteiger partial charge in [0.1, 0.15) is 0 Å². The summed E-state index contributed by atoms with van der Waals surface area (Å²) in [6.07, 6.45) is 1.10. The molecule has 0 aliphatic heterocycles. The highest BCUT2D eigenvalue weighted by atomic mass is 16.5. The van der Waals surface area contributed by atoms with E-state index in [0.717, 1.165) is 0 Å². The molecule has 0 aliphatic carbocycles. The van der Waals surface area contributed by atoms with Gasteiger partial charge in [0, 0.05) is 0 Å². The van der Waals surface area contributed by atoms with Crippen LogP contribution < -0.4 is 0 Å². The van der Waals surface area contributed by atoms with E-state index in [9.17, 15) is 14.9 Å². The van der Waals surface area contributed by atoms with E-state index in [1.807, 2.05) is 13.0 Å². The van der Waals surface area contributed by atoms with Crippen molar-refractivity contribution in [3.05, 3.63) is 0 Å². The number of carbonyl (C=O) groups excluding carboxylic acids is 2. The predicted octanol–water partition coefficient (Wildman–Crippen LogP) is 2.06. The fourth-order valence-corrected chi connectivity index (χ4v) is 1.72. The summed E-state index contributed by atoms with van der Waals surface area (Å²) in [5.74, 6) is -1.97. The molecule has 0 heterocycles. The minimum atomic E-state index is -1.49. The Morgan fingerprint density at radius 3 is 2.17 bits per heavy atom. The first-order valence-electron chi connectivity index (χ1n) is 6.22. The largest absolute Gasteiger partial charge is 0.466 e. The van der Waals surface area contributed by atoms with Gasteiger partial charge in [-0.05, 0) is 27.2 Å². The number of rotatable bonds is 7. The fraction of sp³-hybridized carbons (Fsp3) is 0.769. The van der Waals surface area contributed by atoms with E-state index >= 15 is 0 Å². The van der Waals surface area contributed by atoms with Gasteiger partial charge in [0.2, 0.25) is 0 Å². The maximum atomic E-state index is 11.9. The van der Waals surface area contributed by atoms with Crippen molar-refractivity contribution in [3.8, 4) is 6.07 Å². The summed E-state index contributed by atoms with van der Waals surface area (Å²) >= 11 is 0. The minimum Gasteiger partial charge on any atom is -0.466 e. The average molecular weight is 255 g/mol. The molecular weight excluding hydrogens is 234 g/mol. The number of carbonyl (C=O) groups is 2. The van der Waals surface area contributed by atoms with E-state index in [0.29, 0.717) is 12.8 Å². The van der Waals surface area contributed by atoms with Crippen molar-refractivity contribution in [3.63, 3.8) is 0 Å².